The molecule has 0 fully saturated rings. The summed E-state index contributed by atoms with van der Waals surface area (Å²) in [6.45, 7) is 4.84. The maximum atomic E-state index is 13.7. The van der Waals surface area contributed by atoms with Gasteiger partial charge in [-0.2, -0.15) is 13.2 Å². The lowest BCUT2D eigenvalue weighted by atomic mass is 9.94. The van der Waals surface area contributed by atoms with Crippen LogP contribution in [-0.4, -0.2) is 11.5 Å². The molecule has 3 rings (SSSR count). The number of para-hydroxylation sites is 1. The van der Waals surface area contributed by atoms with Crippen LogP contribution in [-0.2, 0) is 12.6 Å². The number of fused-ring (bicyclic) bond motifs is 1. The first kappa shape index (κ1) is 20.5. The van der Waals surface area contributed by atoms with Crippen LogP contribution in [0.1, 0.15) is 55.7 Å². The molecule has 0 aliphatic carbocycles. The van der Waals surface area contributed by atoms with Gasteiger partial charge in [0, 0.05) is 16.5 Å². The number of nitrogens with two attached hydrogens (primary N) is 1. The van der Waals surface area contributed by atoms with Gasteiger partial charge in [0.05, 0.1) is 11.3 Å². The largest absolute Gasteiger partial charge is 0.417 e. The lowest BCUT2D eigenvalue weighted by molar-refractivity contribution is -0.137. The summed E-state index contributed by atoms with van der Waals surface area (Å²) in [5.41, 5.74) is 8.87. The van der Waals surface area contributed by atoms with Crippen molar-refractivity contribution in [1.82, 2.24) is 4.98 Å². The summed E-state index contributed by atoms with van der Waals surface area (Å²) >= 11 is 0. The van der Waals surface area contributed by atoms with Crippen LogP contribution in [0.4, 0.5) is 13.2 Å². The van der Waals surface area contributed by atoms with Crippen LogP contribution in [0.15, 0.2) is 42.5 Å². The topological polar surface area (TPSA) is 41.8 Å². The molecule has 1 unspecified atom stereocenters. The minimum absolute atomic E-state index is 0.212. The van der Waals surface area contributed by atoms with E-state index in [1.54, 1.807) is 12.1 Å². The number of halogens is 3. The van der Waals surface area contributed by atoms with E-state index in [1.807, 2.05) is 12.1 Å². The maximum absolute atomic E-state index is 13.7. The Labute approximate surface area is 164 Å². The molecule has 28 heavy (non-hydrogen) atoms. The van der Waals surface area contributed by atoms with Crippen molar-refractivity contribution in [2.45, 2.75) is 51.6 Å². The third-order valence-corrected chi connectivity index (χ3v) is 5.50. The van der Waals surface area contributed by atoms with Gasteiger partial charge in [0.2, 0.25) is 0 Å². The average Bonchev–Trinajstić information content (AvgIpc) is 3.05. The van der Waals surface area contributed by atoms with E-state index in [2.05, 4.69) is 24.9 Å². The number of unbranched alkanes of at least 4 members (excludes halogenated alkanes) is 1. The molecule has 0 spiro atoms. The highest BCUT2D eigenvalue weighted by atomic mass is 19.4. The highest BCUT2D eigenvalue weighted by molar-refractivity contribution is 5.93. The van der Waals surface area contributed by atoms with Gasteiger partial charge in [-0.05, 0) is 55.3 Å². The van der Waals surface area contributed by atoms with Crippen LogP contribution in [0.2, 0.25) is 0 Å². The molecule has 0 bridgehead atoms. The first-order valence-electron chi connectivity index (χ1n) is 9.88. The highest BCUT2D eigenvalue weighted by Gasteiger charge is 2.34. The molecule has 0 radical (unpaired) electrons. The fourth-order valence-corrected chi connectivity index (χ4v) is 3.81. The number of hydrogen-bond acceptors (Lipinski definition) is 1. The molecular weight excluding hydrogens is 361 g/mol. The zero-order valence-electron chi connectivity index (χ0n) is 16.4. The van der Waals surface area contributed by atoms with Crippen LogP contribution in [0, 0.1) is 0 Å². The molecule has 3 N–H and O–H groups in total. The molecule has 0 aliphatic rings. The molecule has 1 heterocycles. The Balaban J connectivity index is 2.26. The van der Waals surface area contributed by atoms with Crippen molar-refractivity contribution in [1.29, 1.82) is 0 Å². The van der Waals surface area contributed by atoms with Crippen LogP contribution >= 0.6 is 0 Å². The summed E-state index contributed by atoms with van der Waals surface area (Å²) in [7, 11) is 0. The van der Waals surface area contributed by atoms with E-state index in [9.17, 15) is 13.2 Å². The Morgan fingerprint density at radius 1 is 1.04 bits per heavy atom. The van der Waals surface area contributed by atoms with Crippen molar-refractivity contribution in [2.75, 3.05) is 6.54 Å². The summed E-state index contributed by atoms with van der Waals surface area (Å²) in [6.07, 6.45) is -1.05. The maximum Gasteiger partial charge on any atom is 0.417 e. The SMILES string of the molecule is CCC(C)c1cccc2c(CCCCN)c(-c3ccccc3C(F)(F)F)[nH]c12. The van der Waals surface area contributed by atoms with E-state index in [0.29, 0.717) is 24.6 Å². The van der Waals surface area contributed by atoms with Gasteiger partial charge in [0.25, 0.3) is 0 Å². The van der Waals surface area contributed by atoms with Crippen LogP contribution in [0.3, 0.4) is 0 Å². The molecule has 2 aromatic carbocycles. The number of aromatic amines is 1. The predicted octanol–water partition coefficient (Wildman–Crippen LogP) is 6.65. The fourth-order valence-electron chi connectivity index (χ4n) is 3.81. The van der Waals surface area contributed by atoms with Gasteiger partial charge in [0.15, 0.2) is 0 Å². The second kappa shape index (κ2) is 8.39. The van der Waals surface area contributed by atoms with Gasteiger partial charge >= 0.3 is 6.18 Å². The van der Waals surface area contributed by atoms with Crippen molar-refractivity contribution < 1.29 is 13.2 Å². The van der Waals surface area contributed by atoms with E-state index >= 15 is 0 Å². The van der Waals surface area contributed by atoms with Gasteiger partial charge in [-0.25, -0.2) is 0 Å². The normalized spacial score (nSPS) is 13.2. The van der Waals surface area contributed by atoms with Gasteiger partial charge in [-0.1, -0.05) is 50.2 Å². The Bertz CT molecular complexity index is 941. The molecule has 0 amide bonds. The van der Waals surface area contributed by atoms with Crippen molar-refractivity contribution >= 4 is 10.9 Å². The molecule has 2 nitrogen and oxygen atoms in total. The van der Waals surface area contributed by atoms with Crippen LogP contribution in [0.5, 0.6) is 0 Å². The molecule has 5 heteroatoms. The van der Waals surface area contributed by atoms with E-state index in [-0.39, 0.29) is 5.56 Å². The Hall–Kier alpha value is -2.27. The second-order valence-corrected chi connectivity index (χ2v) is 7.35. The first-order chi connectivity index (χ1) is 13.4. The van der Waals surface area contributed by atoms with Crippen molar-refractivity contribution in [3.05, 3.63) is 59.2 Å². The number of aryl methyl sites for hydroxylation is 1. The van der Waals surface area contributed by atoms with Crippen molar-refractivity contribution in [3.8, 4) is 11.3 Å². The zero-order chi connectivity index (χ0) is 20.3. The Kier molecular flexibility index (Phi) is 6.14. The number of hydrogen-bond donors (Lipinski definition) is 2. The third kappa shape index (κ3) is 3.95. The summed E-state index contributed by atoms with van der Waals surface area (Å²) in [6, 6.07) is 11.9. The number of H-pyrrole nitrogens is 1. The lowest BCUT2D eigenvalue weighted by Crippen LogP contribution is -2.07. The van der Waals surface area contributed by atoms with Gasteiger partial charge < -0.3 is 10.7 Å². The number of nitrogens with one attached hydrogen (secondary N) is 1. The zero-order valence-corrected chi connectivity index (χ0v) is 16.4. The number of alkyl halides is 3. The number of benzene rings is 2. The monoisotopic (exact) mass is 388 g/mol. The van der Waals surface area contributed by atoms with Crippen molar-refractivity contribution in [3.63, 3.8) is 0 Å². The van der Waals surface area contributed by atoms with Crippen LogP contribution in [0.25, 0.3) is 22.2 Å². The molecule has 3 aromatic rings. The second-order valence-electron chi connectivity index (χ2n) is 7.35. The van der Waals surface area contributed by atoms with E-state index in [0.717, 1.165) is 47.4 Å². The number of aromatic nitrogens is 1. The molecule has 0 saturated carbocycles. The molecule has 1 aromatic heterocycles. The first-order valence-corrected chi connectivity index (χ1v) is 9.88. The summed E-state index contributed by atoms with van der Waals surface area (Å²) in [5.74, 6) is 0.324. The van der Waals surface area contributed by atoms with E-state index in [4.69, 9.17) is 5.73 Å². The predicted molar refractivity (Wildman–Crippen MR) is 109 cm³/mol. The quantitative estimate of drug-likeness (QED) is 0.437. The smallest absolute Gasteiger partial charge is 0.354 e. The van der Waals surface area contributed by atoms with E-state index < -0.39 is 11.7 Å². The lowest BCUT2D eigenvalue weighted by Gasteiger charge is -2.13. The van der Waals surface area contributed by atoms with Crippen LogP contribution < -0.4 is 5.73 Å². The standard InChI is InChI=1S/C23H27F3N2/c1-3-15(2)16-11-8-12-18-17(9-6-7-14-27)22(28-21(16)18)19-10-4-5-13-20(19)23(24,25)26/h4-5,8,10-13,15,28H,3,6-7,9,14,27H2,1-2H3. The molecule has 0 aliphatic heterocycles. The van der Waals surface area contributed by atoms with Gasteiger partial charge in [-0.15, -0.1) is 0 Å². The van der Waals surface area contributed by atoms with Gasteiger partial charge in [0.1, 0.15) is 0 Å². The fraction of sp³-hybridized carbons (Fsp3) is 0.391. The van der Waals surface area contributed by atoms with E-state index in [1.165, 1.54) is 6.07 Å². The Morgan fingerprint density at radius 3 is 2.46 bits per heavy atom. The average molecular weight is 388 g/mol. The molecule has 150 valence electrons. The summed E-state index contributed by atoms with van der Waals surface area (Å²) in [5, 5.41) is 1.02. The summed E-state index contributed by atoms with van der Waals surface area (Å²) in [4.78, 5) is 3.37. The summed E-state index contributed by atoms with van der Waals surface area (Å²) < 4.78 is 41.0. The third-order valence-electron chi connectivity index (χ3n) is 5.50. The minimum Gasteiger partial charge on any atom is -0.354 e. The minimum atomic E-state index is -4.40. The number of rotatable bonds is 7. The molecule has 0 saturated heterocycles. The Morgan fingerprint density at radius 2 is 1.79 bits per heavy atom. The molecular formula is C23H27F3N2. The van der Waals surface area contributed by atoms with Gasteiger partial charge in [-0.3, -0.25) is 0 Å². The van der Waals surface area contributed by atoms with Crippen molar-refractivity contribution in [2.24, 2.45) is 5.73 Å². The highest BCUT2D eigenvalue weighted by Crippen LogP contribution is 2.41. The molecule has 1 atom stereocenters.